The highest BCUT2D eigenvalue weighted by Gasteiger charge is 2.18. The van der Waals surface area contributed by atoms with Gasteiger partial charge in [0.15, 0.2) is 5.76 Å². The monoisotopic (exact) mass is 340 g/mol. The summed E-state index contributed by atoms with van der Waals surface area (Å²) in [5.74, 6) is -0.247. The standard InChI is InChI=1S/C19H17FN2O3/c1-12(11-23)22-18(24)13-6-2-3-7-14(13)19-21-10-17(25-19)15-8-4-5-9-16(15)20/h2-10,12,23H,11H2,1H3,(H,22,24). The van der Waals surface area contributed by atoms with Gasteiger partial charge in [-0.2, -0.15) is 0 Å². The third-order valence-corrected chi connectivity index (χ3v) is 3.70. The molecule has 2 aromatic carbocycles. The molecule has 1 amide bonds. The quantitative estimate of drug-likeness (QED) is 0.747. The third kappa shape index (κ3) is 3.59. The minimum atomic E-state index is -0.409. The maximum Gasteiger partial charge on any atom is 0.252 e. The molecule has 1 aromatic heterocycles. The molecule has 1 unspecified atom stereocenters. The van der Waals surface area contributed by atoms with E-state index in [-0.39, 0.29) is 30.2 Å². The van der Waals surface area contributed by atoms with Crippen LogP contribution in [0.2, 0.25) is 0 Å². The van der Waals surface area contributed by atoms with E-state index in [1.54, 1.807) is 49.4 Å². The van der Waals surface area contributed by atoms with Crippen LogP contribution in [0.1, 0.15) is 17.3 Å². The molecule has 3 rings (SSSR count). The van der Waals surface area contributed by atoms with Gasteiger partial charge in [-0.3, -0.25) is 4.79 Å². The Morgan fingerprint density at radius 1 is 1.20 bits per heavy atom. The fourth-order valence-electron chi connectivity index (χ4n) is 2.40. The highest BCUT2D eigenvalue weighted by atomic mass is 19.1. The first kappa shape index (κ1) is 16.9. The van der Waals surface area contributed by atoms with Crippen molar-refractivity contribution in [1.29, 1.82) is 0 Å². The van der Waals surface area contributed by atoms with E-state index in [0.29, 0.717) is 16.7 Å². The fourth-order valence-corrected chi connectivity index (χ4v) is 2.40. The number of oxazole rings is 1. The zero-order chi connectivity index (χ0) is 17.8. The van der Waals surface area contributed by atoms with Gasteiger partial charge in [-0.15, -0.1) is 0 Å². The number of aliphatic hydroxyl groups excluding tert-OH is 1. The minimum Gasteiger partial charge on any atom is -0.436 e. The molecule has 25 heavy (non-hydrogen) atoms. The first-order valence-corrected chi connectivity index (χ1v) is 7.82. The number of nitrogens with zero attached hydrogens (tertiary/aromatic N) is 1. The van der Waals surface area contributed by atoms with Crippen molar-refractivity contribution in [3.05, 3.63) is 66.1 Å². The highest BCUT2D eigenvalue weighted by molar-refractivity contribution is 6.00. The van der Waals surface area contributed by atoms with E-state index >= 15 is 0 Å². The van der Waals surface area contributed by atoms with E-state index in [2.05, 4.69) is 10.3 Å². The summed E-state index contributed by atoms with van der Waals surface area (Å²) in [5, 5.41) is 11.8. The van der Waals surface area contributed by atoms with Crippen LogP contribution in [-0.2, 0) is 0 Å². The molecular formula is C19H17FN2O3. The zero-order valence-corrected chi connectivity index (χ0v) is 13.6. The number of aromatic nitrogens is 1. The lowest BCUT2D eigenvalue weighted by atomic mass is 10.1. The first-order chi connectivity index (χ1) is 12.1. The van der Waals surface area contributed by atoms with E-state index in [1.165, 1.54) is 12.3 Å². The van der Waals surface area contributed by atoms with Crippen molar-refractivity contribution < 1.29 is 18.7 Å². The molecule has 0 aliphatic carbocycles. The van der Waals surface area contributed by atoms with Crippen molar-refractivity contribution >= 4 is 5.91 Å². The van der Waals surface area contributed by atoms with Gasteiger partial charge in [0.2, 0.25) is 5.89 Å². The first-order valence-electron chi connectivity index (χ1n) is 7.82. The molecule has 1 atom stereocenters. The Morgan fingerprint density at radius 3 is 2.60 bits per heavy atom. The lowest BCUT2D eigenvalue weighted by molar-refractivity contribution is 0.0922. The summed E-state index contributed by atoms with van der Waals surface area (Å²) in [4.78, 5) is 16.6. The average Bonchev–Trinajstić information content (AvgIpc) is 3.11. The van der Waals surface area contributed by atoms with Gasteiger partial charge in [0.1, 0.15) is 5.82 Å². The van der Waals surface area contributed by atoms with Crippen LogP contribution in [0.3, 0.4) is 0 Å². The maximum absolute atomic E-state index is 13.9. The maximum atomic E-state index is 13.9. The van der Waals surface area contributed by atoms with E-state index in [1.807, 2.05) is 0 Å². The summed E-state index contributed by atoms with van der Waals surface area (Å²) in [6, 6.07) is 12.7. The number of carbonyl (C=O) groups is 1. The van der Waals surface area contributed by atoms with Crippen LogP contribution in [0.4, 0.5) is 4.39 Å². The van der Waals surface area contributed by atoms with Crippen LogP contribution in [-0.4, -0.2) is 28.6 Å². The molecule has 0 spiro atoms. The number of aliphatic hydroxyl groups is 1. The smallest absolute Gasteiger partial charge is 0.252 e. The topological polar surface area (TPSA) is 75.4 Å². The minimum absolute atomic E-state index is 0.162. The lowest BCUT2D eigenvalue weighted by Crippen LogP contribution is -2.35. The van der Waals surface area contributed by atoms with E-state index in [9.17, 15) is 9.18 Å². The summed E-state index contributed by atoms with van der Waals surface area (Å²) in [6.07, 6.45) is 1.43. The Labute approximate surface area is 144 Å². The second kappa shape index (κ2) is 7.27. The van der Waals surface area contributed by atoms with Crippen molar-refractivity contribution in [3.8, 4) is 22.8 Å². The van der Waals surface area contributed by atoms with Crippen molar-refractivity contribution in [2.75, 3.05) is 6.61 Å². The molecule has 0 fully saturated rings. The van der Waals surface area contributed by atoms with Crippen molar-refractivity contribution in [1.82, 2.24) is 10.3 Å². The summed E-state index contributed by atoms with van der Waals surface area (Å²) < 4.78 is 19.6. The number of amides is 1. The average molecular weight is 340 g/mol. The molecule has 0 aliphatic rings. The number of benzene rings is 2. The summed E-state index contributed by atoms with van der Waals surface area (Å²) >= 11 is 0. The van der Waals surface area contributed by atoms with E-state index in [0.717, 1.165) is 0 Å². The fraction of sp³-hybridized carbons (Fsp3) is 0.158. The van der Waals surface area contributed by atoms with Crippen LogP contribution < -0.4 is 5.32 Å². The Bertz CT molecular complexity index is 892. The van der Waals surface area contributed by atoms with Gasteiger partial charge < -0.3 is 14.8 Å². The number of nitrogens with one attached hydrogen (secondary N) is 1. The SMILES string of the molecule is CC(CO)NC(=O)c1ccccc1-c1ncc(-c2ccccc2F)o1. The van der Waals surface area contributed by atoms with Crippen LogP contribution in [0.5, 0.6) is 0 Å². The van der Waals surface area contributed by atoms with Gasteiger partial charge in [-0.05, 0) is 31.2 Å². The number of hydrogen-bond acceptors (Lipinski definition) is 4. The molecule has 2 N–H and O–H groups in total. The van der Waals surface area contributed by atoms with Crippen LogP contribution in [0, 0.1) is 5.82 Å². The van der Waals surface area contributed by atoms with Gasteiger partial charge in [0, 0.05) is 11.6 Å². The highest BCUT2D eigenvalue weighted by Crippen LogP contribution is 2.29. The summed E-state index contributed by atoms with van der Waals surface area (Å²) in [6.45, 7) is 1.53. The molecule has 1 heterocycles. The molecule has 0 bridgehead atoms. The summed E-state index contributed by atoms with van der Waals surface area (Å²) in [7, 11) is 0. The second-order valence-corrected chi connectivity index (χ2v) is 5.61. The second-order valence-electron chi connectivity index (χ2n) is 5.61. The number of halogens is 1. The Balaban J connectivity index is 1.96. The van der Waals surface area contributed by atoms with E-state index in [4.69, 9.17) is 9.52 Å². The Morgan fingerprint density at radius 2 is 1.88 bits per heavy atom. The lowest BCUT2D eigenvalue weighted by Gasteiger charge is -2.12. The van der Waals surface area contributed by atoms with Gasteiger partial charge in [0.05, 0.1) is 23.9 Å². The molecule has 128 valence electrons. The zero-order valence-electron chi connectivity index (χ0n) is 13.6. The number of hydrogen-bond donors (Lipinski definition) is 2. The molecule has 0 aliphatic heterocycles. The molecule has 0 radical (unpaired) electrons. The largest absolute Gasteiger partial charge is 0.436 e. The van der Waals surface area contributed by atoms with Crippen molar-refractivity contribution in [2.24, 2.45) is 0 Å². The Hall–Kier alpha value is -2.99. The number of carbonyl (C=O) groups excluding carboxylic acids is 1. The molecular weight excluding hydrogens is 323 g/mol. The molecule has 5 nitrogen and oxygen atoms in total. The van der Waals surface area contributed by atoms with Crippen LogP contribution >= 0.6 is 0 Å². The van der Waals surface area contributed by atoms with Crippen molar-refractivity contribution in [2.45, 2.75) is 13.0 Å². The molecule has 6 heteroatoms. The normalized spacial score (nSPS) is 12.0. The van der Waals surface area contributed by atoms with Gasteiger partial charge in [-0.1, -0.05) is 24.3 Å². The van der Waals surface area contributed by atoms with E-state index < -0.39 is 5.82 Å². The molecule has 0 saturated carbocycles. The van der Waals surface area contributed by atoms with Gasteiger partial charge in [0.25, 0.3) is 5.91 Å². The predicted molar refractivity (Wildman–Crippen MR) is 91.3 cm³/mol. The third-order valence-electron chi connectivity index (χ3n) is 3.70. The predicted octanol–water partition coefficient (Wildman–Crippen LogP) is 3.26. The summed E-state index contributed by atoms with van der Waals surface area (Å²) in [5.41, 5.74) is 1.16. The number of rotatable bonds is 5. The van der Waals surface area contributed by atoms with Gasteiger partial charge >= 0.3 is 0 Å². The van der Waals surface area contributed by atoms with Crippen LogP contribution in [0.15, 0.2) is 59.1 Å². The molecule has 0 saturated heterocycles. The van der Waals surface area contributed by atoms with Crippen molar-refractivity contribution in [3.63, 3.8) is 0 Å². The van der Waals surface area contributed by atoms with Crippen LogP contribution in [0.25, 0.3) is 22.8 Å². The van der Waals surface area contributed by atoms with Gasteiger partial charge in [-0.25, -0.2) is 9.37 Å². The molecule has 3 aromatic rings. The Kier molecular flexibility index (Phi) is 4.90.